The van der Waals surface area contributed by atoms with Crippen LogP contribution in [-0.4, -0.2) is 91.1 Å². The van der Waals surface area contributed by atoms with E-state index in [9.17, 15) is 19.2 Å². The van der Waals surface area contributed by atoms with Crippen molar-refractivity contribution in [1.29, 1.82) is 0 Å². The standard InChI is InChI=1S/C46H54N8O6/c1-46(2,3)60-45(58)47-31-15-11-28(12-16-31)42(55)53-23-5-6-38(53)40-48-33-19-13-29(24-36(33)50-40)26-7-9-27(10-8-26)30-14-20-34-37(25-30)51-41(49-34)39-22-18-32-17-21-35(43(56)54(32)39)52-44(57)59-4/h7-10,13-14,19-20,24-25,28,31-32,35,38-39H,5-6,11-12,15-18,21-23H2,1-4H3,(H,47,58)(H,48,50)(H,49,51)(H,52,57)/t28?,31?,32-,35-,38-,39-/m0/s1. The molecule has 3 aliphatic heterocycles. The number of methoxy groups -OCH3 is 1. The van der Waals surface area contributed by atoms with Gasteiger partial charge >= 0.3 is 12.2 Å². The summed E-state index contributed by atoms with van der Waals surface area (Å²) in [5.41, 5.74) is 7.30. The maximum Gasteiger partial charge on any atom is 0.407 e. The Morgan fingerprint density at radius 1 is 0.700 bits per heavy atom. The highest BCUT2D eigenvalue weighted by atomic mass is 16.6. The molecule has 5 heterocycles. The first-order chi connectivity index (χ1) is 28.9. The van der Waals surface area contributed by atoms with Crippen LogP contribution in [0.2, 0.25) is 0 Å². The van der Waals surface area contributed by atoms with Gasteiger partial charge in [0.15, 0.2) is 0 Å². The van der Waals surface area contributed by atoms with Crippen LogP contribution in [0.1, 0.15) is 109 Å². The highest BCUT2D eigenvalue weighted by Crippen LogP contribution is 2.41. The molecular weight excluding hydrogens is 761 g/mol. The number of fused-ring (bicyclic) bond motifs is 3. The number of nitrogens with zero attached hydrogens (tertiary/aromatic N) is 4. The number of ether oxygens (including phenoxy) is 2. The summed E-state index contributed by atoms with van der Waals surface area (Å²) in [5.74, 6) is 1.65. The van der Waals surface area contributed by atoms with Crippen molar-refractivity contribution in [3.63, 3.8) is 0 Å². The first-order valence-electron chi connectivity index (χ1n) is 21.5. The topological polar surface area (TPSA) is 175 Å². The molecule has 4 atom stereocenters. The highest BCUT2D eigenvalue weighted by molar-refractivity contribution is 5.88. The van der Waals surface area contributed by atoms with Crippen molar-refractivity contribution in [2.45, 2.75) is 121 Å². The van der Waals surface area contributed by atoms with E-state index in [0.717, 1.165) is 120 Å². The number of hydrogen-bond donors (Lipinski definition) is 4. The Morgan fingerprint density at radius 2 is 1.28 bits per heavy atom. The fourth-order valence-corrected chi connectivity index (χ4v) is 9.86. The number of H-pyrrole nitrogens is 2. The molecule has 4 amide bonds. The molecule has 3 aromatic carbocycles. The molecule has 0 bridgehead atoms. The number of benzene rings is 3. The predicted octanol–water partition coefficient (Wildman–Crippen LogP) is 8.07. The maximum absolute atomic E-state index is 13.8. The molecule has 60 heavy (non-hydrogen) atoms. The van der Waals surface area contributed by atoms with E-state index in [4.69, 9.17) is 19.4 Å². The number of piperidine rings is 1. The van der Waals surface area contributed by atoms with Crippen LogP contribution >= 0.6 is 0 Å². The number of alkyl carbamates (subject to hydrolysis) is 2. The first kappa shape index (κ1) is 39.5. The number of carbonyl (C=O) groups is 4. The maximum atomic E-state index is 13.8. The number of aromatic amines is 2. The van der Waals surface area contributed by atoms with Gasteiger partial charge in [-0.2, -0.15) is 0 Å². The molecule has 314 valence electrons. The molecule has 1 saturated carbocycles. The smallest absolute Gasteiger partial charge is 0.407 e. The van der Waals surface area contributed by atoms with Crippen molar-refractivity contribution >= 4 is 46.1 Å². The van der Waals surface area contributed by atoms with Gasteiger partial charge in [-0.25, -0.2) is 19.6 Å². The summed E-state index contributed by atoms with van der Waals surface area (Å²) in [7, 11) is 1.30. The van der Waals surface area contributed by atoms with Crippen LogP contribution in [0.4, 0.5) is 9.59 Å². The average Bonchev–Trinajstić information content (AvgIpc) is 4.06. The number of likely N-dealkylation sites (tertiary alicyclic amines) is 1. The summed E-state index contributed by atoms with van der Waals surface area (Å²) in [6, 6.07) is 20.3. The van der Waals surface area contributed by atoms with Crippen molar-refractivity contribution in [1.82, 2.24) is 40.4 Å². The van der Waals surface area contributed by atoms with Crippen LogP contribution < -0.4 is 10.6 Å². The molecule has 4 aliphatic rings. The van der Waals surface area contributed by atoms with E-state index in [2.05, 4.69) is 69.1 Å². The number of hydrogen-bond acceptors (Lipinski definition) is 8. The van der Waals surface area contributed by atoms with Gasteiger partial charge in [0.05, 0.1) is 41.3 Å². The molecule has 2 aromatic heterocycles. The van der Waals surface area contributed by atoms with E-state index in [-0.39, 0.29) is 41.9 Å². The average molecular weight is 815 g/mol. The molecular formula is C46H54N8O6. The van der Waals surface area contributed by atoms with Crippen LogP contribution in [0.25, 0.3) is 44.3 Å². The summed E-state index contributed by atoms with van der Waals surface area (Å²) in [6.07, 6.45) is 6.98. The van der Waals surface area contributed by atoms with Gasteiger partial charge in [-0.05, 0) is 131 Å². The molecule has 0 spiro atoms. The van der Waals surface area contributed by atoms with Crippen molar-refractivity contribution < 1.29 is 28.7 Å². The summed E-state index contributed by atoms with van der Waals surface area (Å²) >= 11 is 0. The van der Waals surface area contributed by atoms with E-state index in [1.54, 1.807) is 0 Å². The van der Waals surface area contributed by atoms with Gasteiger partial charge < -0.3 is 39.9 Å². The molecule has 3 saturated heterocycles. The Kier molecular flexibility index (Phi) is 10.5. The first-order valence-corrected chi connectivity index (χ1v) is 21.5. The highest BCUT2D eigenvalue weighted by Gasteiger charge is 2.45. The molecule has 0 radical (unpaired) electrons. The summed E-state index contributed by atoms with van der Waals surface area (Å²) in [5, 5.41) is 5.69. The van der Waals surface area contributed by atoms with E-state index < -0.39 is 23.8 Å². The molecule has 4 N–H and O–H groups in total. The van der Waals surface area contributed by atoms with Crippen molar-refractivity contribution in [3.05, 3.63) is 72.3 Å². The zero-order valence-electron chi connectivity index (χ0n) is 34.8. The Labute approximate surface area is 349 Å². The van der Waals surface area contributed by atoms with Crippen molar-refractivity contribution in [2.75, 3.05) is 13.7 Å². The number of nitrogens with one attached hydrogen (secondary N) is 4. The second-order valence-electron chi connectivity index (χ2n) is 17.9. The van der Waals surface area contributed by atoms with E-state index in [1.165, 1.54) is 7.11 Å². The third kappa shape index (κ3) is 7.91. The lowest BCUT2D eigenvalue weighted by Crippen LogP contribution is -2.54. The number of carbonyl (C=O) groups excluding carboxylic acids is 4. The zero-order chi connectivity index (χ0) is 41.7. The van der Waals surface area contributed by atoms with E-state index in [0.29, 0.717) is 6.42 Å². The van der Waals surface area contributed by atoms with Crippen LogP contribution in [0.5, 0.6) is 0 Å². The molecule has 14 heteroatoms. The minimum absolute atomic E-state index is 0.0224. The fraction of sp³-hybridized carbons (Fsp3) is 0.478. The third-order valence-corrected chi connectivity index (χ3v) is 12.8. The van der Waals surface area contributed by atoms with E-state index >= 15 is 0 Å². The number of aromatic nitrogens is 4. The Hall–Kier alpha value is -5.92. The normalized spacial score (nSPS) is 24.4. The molecule has 4 fully saturated rings. The number of imidazole rings is 2. The Morgan fingerprint density at radius 3 is 1.88 bits per heavy atom. The van der Waals surface area contributed by atoms with Gasteiger partial charge in [-0.15, -0.1) is 0 Å². The van der Waals surface area contributed by atoms with Crippen LogP contribution in [0, 0.1) is 5.92 Å². The van der Waals surface area contributed by atoms with Gasteiger partial charge in [0.2, 0.25) is 11.8 Å². The lowest BCUT2D eigenvalue weighted by atomic mass is 9.85. The fourth-order valence-electron chi connectivity index (χ4n) is 9.86. The van der Waals surface area contributed by atoms with Gasteiger partial charge in [0.1, 0.15) is 23.3 Å². The Bertz CT molecular complexity index is 2430. The zero-order valence-corrected chi connectivity index (χ0v) is 34.8. The molecule has 5 aromatic rings. The third-order valence-electron chi connectivity index (χ3n) is 12.8. The molecule has 9 rings (SSSR count). The number of amides is 4. The van der Waals surface area contributed by atoms with Gasteiger partial charge in [-0.3, -0.25) is 9.59 Å². The molecule has 1 aliphatic carbocycles. The van der Waals surface area contributed by atoms with Crippen molar-refractivity contribution in [2.24, 2.45) is 5.92 Å². The van der Waals surface area contributed by atoms with Crippen LogP contribution in [0.3, 0.4) is 0 Å². The molecule has 0 unspecified atom stereocenters. The monoisotopic (exact) mass is 814 g/mol. The SMILES string of the molecule is COC(=O)N[C@H]1CC[C@H]2CC[C@@H](c3nc4ccc(-c5ccc(-c6ccc7nc([C@@H]8CCCN8C(=O)C8CCC(NC(=O)OC(C)(C)C)CC8)[nH]c7c6)cc5)cc4[nH]3)N2C1=O. The predicted molar refractivity (Wildman–Crippen MR) is 227 cm³/mol. The summed E-state index contributed by atoms with van der Waals surface area (Å²) in [4.78, 5) is 72.4. The van der Waals surface area contributed by atoms with Crippen LogP contribution in [0.15, 0.2) is 60.7 Å². The molecule has 14 nitrogen and oxygen atoms in total. The van der Waals surface area contributed by atoms with Gasteiger partial charge in [0, 0.05) is 24.5 Å². The van der Waals surface area contributed by atoms with E-state index in [1.807, 2.05) is 42.7 Å². The minimum Gasteiger partial charge on any atom is -0.453 e. The minimum atomic E-state index is -0.593. The summed E-state index contributed by atoms with van der Waals surface area (Å²) < 4.78 is 10.2. The van der Waals surface area contributed by atoms with Gasteiger partial charge in [-0.1, -0.05) is 36.4 Å². The largest absolute Gasteiger partial charge is 0.453 e. The summed E-state index contributed by atoms with van der Waals surface area (Å²) in [6.45, 7) is 6.29. The Balaban J connectivity index is 0.851. The van der Waals surface area contributed by atoms with Gasteiger partial charge in [0.25, 0.3) is 0 Å². The number of rotatable bonds is 7. The quantitative estimate of drug-likeness (QED) is 0.128. The lowest BCUT2D eigenvalue weighted by Gasteiger charge is -2.37. The lowest BCUT2D eigenvalue weighted by molar-refractivity contribution is -0.140. The second-order valence-corrected chi connectivity index (χ2v) is 17.9. The van der Waals surface area contributed by atoms with Crippen LogP contribution in [-0.2, 0) is 19.1 Å². The second kappa shape index (κ2) is 15.9. The van der Waals surface area contributed by atoms with Crippen molar-refractivity contribution in [3.8, 4) is 22.3 Å².